The summed E-state index contributed by atoms with van der Waals surface area (Å²) in [5.74, 6) is -0.396. The predicted octanol–water partition coefficient (Wildman–Crippen LogP) is 4.25. The van der Waals surface area contributed by atoms with E-state index in [1.165, 1.54) is 0 Å². The zero-order chi connectivity index (χ0) is 21.0. The van der Waals surface area contributed by atoms with Crippen LogP contribution >= 0.6 is 27.0 Å². The molecule has 0 spiro atoms. The molecule has 172 valence electrons. The summed E-state index contributed by atoms with van der Waals surface area (Å²) in [6.45, 7) is 17.4. The molecule has 2 atom stereocenters. The third-order valence-electron chi connectivity index (χ3n) is 2.81. The van der Waals surface area contributed by atoms with Gasteiger partial charge in [0.25, 0.3) is 0 Å². The van der Waals surface area contributed by atoms with Crippen LogP contribution in [-0.4, -0.2) is 47.1 Å². The van der Waals surface area contributed by atoms with E-state index in [1.54, 1.807) is 6.92 Å². The van der Waals surface area contributed by atoms with Gasteiger partial charge in [0.15, 0.2) is 0 Å². The highest BCUT2D eigenvalue weighted by Gasteiger charge is 2.17. The van der Waals surface area contributed by atoms with Gasteiger partial charge in [-0.2, -0.15) is 27.0 Å². The van der Waals surface area contributed by atoms with Crippen LogP contribution in [0.15, 0.2) is 0 Å². The molecule has 0 saturated heterocycles. The van der Waals surface area contributed by atoms with Gasteiger partial charge < -0.3 is 19.3 Å². The van der Waals surface area contributed by atoms with E-state index in [2.05, 4.69) is 0 Å². The first-order chi connectivity index (χ1) is 11.7. The average molecular weight is 445 g/mol. The van der Waals surface area contributed by atoms with E-state index < -0.39 is 11.7 Å². The number of aliphatic hydroxyl groups is 1. The van der Waals surface area contributed by atoms with Crippen LogP contribution in [0.1, 0.15) is 88.0 Å². The molecule has 0 aromatic carbocycles. The lowest BCUT2D eigenvalue weighted by molar-refractivity contribution is -0.156. The van der Waals surface area contributed by atoms with Crippen LogP contribution < -0.4 is 0 Å². The Morgan fingerprint density at radius 2 is 1.18 bits per heavy atom. The minimum Gasteiger partial charge on any atom is -0.460 e. The highest BCUT2D eigenvalue weighted by Crippen LogP contribution is 2.11. The summed E-state index contributed by atoms with van der Waals surface area (Å²) < 4.78 is 15.5. The topological polar surface area (TPSA) is 82.1 Å². The Morgan fingerprint density at radius 1 is 0.821 bits per heavy atom. The Hall–Kier alpha value is -0.440. The fourth-order valence-electron chi connectivity index (χ4n) is 1.80. The van der Waals surface area contributed by atoms with E-state index in [4.69, 9.17) is 19.3 Å². The van der Waals surface area contributed by atoms with E-state index in [-0.39, 0.29) is 57.1 Å². The second kappa shape index (κ2) is 17.4. The van der Waals surface area contributed by atoms with Crippen molar-refractivity contribution in [2.45, 2.75) is 111 Å². The number of aliphatic hydroxyl groups excluding tert-OH is 1. The molecule has 8 heteroatoms. The van der Waals surface area contributed by atoms with E-state index in [0.29, 0.717) is 19.4 Å². The quantitative estimate of drug-likeness (QED) is 0.564. The highest BCUT2D eigenvalue weighted by molar-refractivity contribution is 7.59. The van der Waals surface area contributed by atoms with Crippen molar-refractivity contribution < 1.29 is 28.9 Å². The predicted molar refractivity (Wildman–Crippen MR) is 124 cm³/mol. The van der Waals surface area contributed by atoms with E-state index in [9.17, 15) is 9.59 Å². The molecule has 0 aromatic rings. The number of carbonyl (C=O) groups is 2. The third-order valence-corrected chi connectivity index (χ3v) is 2.81. The SMILES string of the molecule is CCO[C@@H](C)CCC(=O)OC(C)(C)C.C[C@H](O)CCC(=O)OC(C)(C)C.S.S. The van der Waals surface area contributed by atoms with Crippen LogP contribution in [0, 0.1) is 0 Å². The Balaban J connectivity index is -0.000000194. The fraction of sp³-hybridized carbons (Fsp3) is 0.900. The summed E-state index contributed by atoms with van der Waals surface area (Å²) in [6, 6.07) is 0. The molecule has 0 saturated carbocycles. The molecular formula is C20H44O6S2. The molecule has 0 aliphatic carbocycles. The van der Waals surface area contributed by atoms with Gasteiger partial charge in [0.05, 0.1) is 12.2 Å². The molecule has 6 nitrogen and oxygen atoms in total. The maximum atomic E-state index is 11.3. The molecule has 0 radical (unpaired) electrons. The van der Waals surface area contributed by atoms with Crippen LogP contribution in [0.25, 0.3) is 0 Å². The summed E-state index contributed by atoms with van der Waals surface area (Å²) >= 11 is 0. The smallest absolute Gasteiger partial charge is 0.306 e. The molecule has 0 rings (SSSR count). The number of hydrogen-bond acceptors (Lipinski definition) is 6. The Bertz CT molecular complexity index is 400. The van der Waals surface area contributed by atoms with Crippen LogP contribution in [0.2, 0.25) is 0 Å². The van der Waals surface area contributed by atoms with Crippen molar-refractivity contribution in [2.24, 2.45) is 0 Å². The standard InChI is InChI=1S/C11H22O3.C9H18O3.2H2S/c1-6-13-9(2)7-8-10(12)14-11(3,4)5;1-7(10)5-6-8(11)12-9(2,3)4;;/h9H,6-8H2,1-5H3;7,10H,5-6H2,1-4H3;2*1H2/t9-;7-;;/m00../s1. The zero-order valence-electron chi connectivity index (χ0n) is 19.2. The van der Waals surface area contributed by atoms with Gasteiger partial charge in [0.1, 0.15) is 11.2 Å². The molecule has 1 N–H and O–H groups in total. The van der Waals surface area contributed by atoms with E-state index >= 15 is 0 Å². The Morgan fingerprint density at radius 3 is 1.46 bits per heavy atom. The zero-order valence-corrected chi connectivity index (χ0v) is 21.2. The molecule has 0 amide bonds. The molecule has 0 aliphatic rings. The van der Waals surface area contributed by atoms with Crippen molar-refractivity contribution in [3.8, 4) is 0 Å². The van der Waals surface area contributed by atoms with Crippen molar-refractivity contribution in [3.05, 3.63) is 0 Å². The minimum atomic E-state index is -0.433. The number of ether oxygens (including phenoxy) is 3. The lowest BCUT2D eigenvalue weighted by atomic mass is 10.2. The first-order valence-corrected chi connectivity index (χ1v) is 9.39. The van der Waals surface area contributed by atoms with Gasteiger partial charge in [-0.3, -0.25) is 9.59 Å². The maximum absolute atomic E-state index is 11.3. The monoisotopic (exact) mass is 444 g/mol. The van der Waals surface area contributed by atoms with E-state index in [1.807, 2.05) is 55.4 Å². The average Bonchev–Trinajstić information content (AvgIpc) is 2.40. The van der Waals surface area contributed by atoms with Crippen LogP contribution in [-0.2, 0) is 23.8 Å². The molecular weight excluding hydrogens is 400 g/mol. The fourth-order valence-corrected chi connectivity index (χ4v) is 1.80. The maximum Gasteiger partial charge on any atom is 0.306 e. The molecule has 0 fully saturated rings. The Labute approximate surface area is 186 Å². The Kier molecular flexibility index (Phi) is 21.8. The molecule has 0 bridgehead atoms. The summed E-state index contributed by atoms with van der Waals surface area (Å²) in [5.41, 5.74) is -0.804. The van der Waals surface area contributed by atoms with Gasteiger partial charge in [-0.15, -0.1) is 0 Å². The van der Waals surface area contributed by atoms with Crippen molar-refractivity contribution in [1.29, 1.82) is 0 Å². The first-order valence-electron chi connectivity index (χ1n) is 9.39. The van der Waals surface area contributed by atoms with Crippen LogP contribution in [0.5, 0.6) is 0 Å². The van der Waals surface area contributed by atoms with Crippen LogP contribution in [0.3, 0.4) is 0 Å². The first kappa shape index (κ1) is 35.0. The largest absolute Gasteiger partial charge is 0.460 e. The van der Waals surface area contributed by atoms with Gasteiger partial charge in [0.2, 0.25) is 0 Å². The van der Waals surface area contributed by atoms with E-state index in [0.717, 1.165) is 6.42 Å². The van der Waals surface area contributed by atoms with Gasteiger partial charge in [0, 0.05) is 19.4 Å². The highest BCUT2D eigenvalue weighted by atomic mass is 32.1. The van der Waals surface area contributed by atoms with Crippen LogP contribution in [0.4, 0.5) is 0 Å². The van der Waals surface area contributed by atoms with Gasteiger partial charge >= 0.3 is 11.9 Å². The van der Waals surface area contributed by atoms with Gasteiger partial charge in [-0.1, -0.05) is 0 Å². The number of hydrogen-bond donors (Lipinski definition) is 1. The van der Waals surface area contributed by atoms with Crippen molar-refractivity contribution in [1.82, 2.24) is 0 Å². The molecule has 0 aromatic heterocycles. The molecule has 0 unspecified atom stereocenters. The number of rotatable bonds is 8. The van der Waals surface area contributed by atoms with Crippen molar-refractivity contribution >= 4 is 38.9 Å². The van der Waals surface area contributed by atoms with Crippen molar-refractivity contribution in [3.63, 3.8) is 0 Å². The second-order valence-electron chi connectivity index (χ2n) is 8.37. The molecule has 0 aliphatic heterocycles. The number of esters is 2. The van der Waals surface area contributed by atoms with Gasteiger partial charge in [-0.25, -0.2) is 0 Å². The summed E-state index contributed by atoms with van der Waals surface area (Å²) in [4.78, 5) is 22.3. The van der Waals surface area contributed by atoms with Crippen molar-refractivity contribution in [2.75, 3.05) is 6.61 Å². The number of carbonyl (C=O) groups excluding carboxylic acids is 2. The third kappa shape index (κ3) is 30.3. The summed E-state index contributed by atoms with van der Waals surface area (Å²) in [6.07, 6.45) is 1.61. The summed E-state index contributed by atoms with van der Waals surface area (Å²) in [7, 11) is 0. The summed E-state index contributed by atoms with van der Waals surface area (Å²) in [5, 5.41) is 8.89. The lowest BCUT2D eigenvalue weighted by Crippen LogP contribution is -2.24. The van der Waals surface area contributed by atoms with Gasteiger partial charge in [-0.05, 0) is 75.2 Å². The molecule has 28 heavy (non-hydrogen) atoms. The normalized spacial score (nSPS) is 12.9. The second-order valence-corrected chi connectivity index (χ2v) is 8.37. The molecule has 0 heterocycles. The minimum absolute atomic E-state index is 0. The lowest BCUT2D eigenvalue weighted by Gasteiger charge is -2.20.